The van der Waals surface area contributed by atoms with E-state index in [9.17, 15) is 4.79 Å². The summed E-state index contributed by atoms with van der Waals surface area (Å²) in [6.07, 6.45) is 1.77. The highest BCUT2D eigenvalue weighted by Gasteiger charge is 2.10. The van der Waals surface area contributed by atoms with E-state index in [1.54, 1.807) is 13.0 Å². The number of allylic oxidation sites excluding steroid dienone is 1. The van der Waals surface area contributed by atoms with Crippen molar-refractivity contribution in [3.05, 3.63) is 41.3 Å². The molecular weight excluding hydrogens is 208 g/mol. The number of esters is 1. The summed E-state index contributed by atoms with van der Waals surface area (Å²) in [4.78, 5) is 13.1. The van der Waals surface area contributed by atoms with Gasteiger partial charge >= 0.3 is 5.97 Å². The van der Waals surface area contributed by atoms with Crippen LogP contribution < -0.4 is 0 Å². The Bertz CT molecular complexity index is 344. The number of thioether (sulfide) groups is 1. The smallest absolute Gasteiger partial charge is 0.344 e. The summed E-state index contributed by atoms with van der Waals surface area (Å²) >= 11 is 1.42. The fraction of sp³-hybridized carbons (Fsp3) is 0.250. The first-order valence-electron chi connectivity index (χ1n) is 4.84. The lowest BCUT2D eigenvalue weighted by molar-refractivity contribution is -0.137. The Morgan fingerprint density at radius 1 is 1.40 bits per heavy atom. The zero-order valence-corrected chi connectivity index (χ0v) is 9.71. The van der Waals surface area contributed by atoms with Gasteiger partial charge in [-0.2, -0.15) is 0 Å². The number of hydrogen-bond donors (Lipinski definition) is 0. The third-order valence-corrected chi connectivity index (χ3v) is 2.84. The maximum atomic E-state index is 11.5. The van der Waals surface area contributed by atoms with Crippen LogP contribution in [0.2, 0.25) is 0 Å². The van der Waals surface area contributed by atoms with Gasteiger partial charge in [-0.3, -0.25) is 0 Å². The highest BCUT2D eigenvalue weighted by atomic mass is 32.2. The van der Waals surface area contributed by atoms with Crippen LogP contribution in [-0.2, 0) is 9.53 Å². The highest BCUT2D eigenvalue weighted by molar-refractivity contribution is 8.04. The van der Waals surface area contributed by atoms with Crippen LogP contribution in [0.15, 0.2) is 46.2 Å². The number of benzene rings is 1. The Morgan fingerprint density at radius 2 is 2.07 bits per heavy atom. The van der Waals surface area contributed by atoms with E-state index in [2.05, 4.69) is 0 Å². The van der Waals surface area contributed by atoms with Gasteiger partial charge in [-0.1, -0.05) is 36.0 Å². The van der Waals surface area contributed by atoms with Crippen molar-refractivity contribution >= 4 is 17.7 Å². The maximum absolute atomic E-state index is 11.5. The van der Waals surface area contributed by atoms with E-state index < -0.39 is 0 Å². The molecule has 0 amide bonds. The van der Waals surface area contributed by atoms with Crippen molar-refractivity contribution in [1.82, 2.24) is 0 Å². The SMILES string of the molecule is C/C=C(\Sc1ccccc1)C(=O)OCC. The summed E-state index contributed by atoms with van der Waals surface area (Å²) in [5.41, 5.74) is 0. The van der Waals surface area contributed by atoms with E-state index in [4.69, 9.17) is 4.74 Å². The number of carbonyl (C=O) groups excluding carboxylic acids is 1. The van der Waals surface area contributed by atoms with Crippen molar-refractivity contribution in [3.8, 4) is 0 Å². The third-order valence-electron chi connectivity index (χ3n) is 1.71. The van der Waals surface area contributed by atoms with Gasteiger partial charge < -0.3 is 4.74 Å². The molecule has 0 spiro atoms. The second kappa shape index (κ2) is 6.30. The molecule has 0 saturated heterocycles. The van der Waals surface area contributed by atoms with Crippen LogP contribution in [0, 0.1) is 0 Å². The topological polar surface area (TPSA) is 26.3 Å². The van der Waals surface area contributed by atoms with E-state index in [-0.39, 0.29) is 5.97 Å². The standard InChI is InChI=1S/C12H14O2S/c1-3-11(12(13)14-4-2)15-10-8-6-5-7-9-10/h3,5-9H,4H2,1-2H3/b11-3-. The monoisotopic (exact) mass is 222 g/mol. The van der Waals surface area contributed by atoms with Gasteiger partial charge in [0, 0.05) is 4.90 Å². The molecule has 0 bridgehead atoms. The first-order valence-corrected chi connectivity index (χ1v) is 5.66. The predicted molar refractivity (Wildman–Crippen MR) is 62.7 cm³/mol. The van der Waals surface area contributed by atoms with Crippen LogP contribution in [0.25, 0.3) is 0 Å². The number of rotatable bonds is 4. The molecule has 1 rings (SSSR count). The second-order valence-corrected chi connectivity index (χ2v) is 3.90. The number of ether oxygens (including phenoxy) is 1. The Balaban J connectivity index is 2.67. The maximum Gasteiger partial charge on any atom is 0.344 e. The minimum Gasteiger partial charge on any atom is -0.462 e. The summed E-state index contributed by atoms with van der Waals surface area (Å²) in [5.74, 6) is -0.256. The second-order valence-electron chi connectivity index (χ2n) is 2.79. The summed E-state index contributed by atoms with van der Waals surface area (Å²) < 4.78 is 4.94. The Labute approximate surface area is 94.3 Å². The summed E-state index contributed by atoms with van der Waals surface area (Å²) in [5, 5.41) is 0. The molecule has 0 radical (unpaired) electrons. The van der Waals surface area contributed by atoms with Gasteiger partial charge in [0.05, 0.1) is 11.5 Å². The van der Waals surface area contributed by atoms with Gasteiger partial charge in [0.1, 0.15) is 0 Å². The fourth-order valence-corrected chi connectivity index (χ4v) is 1.84. The van der Waals surface area contributed by atoms with Crippen LogP contribution in [0.4, 0.5) is 0 Å². The van der Waals surface area contributed by atoms with Crippen molar-refractivity contribution in [2.45, 2.75) is 18.7 Å². The molecule has 1 aromatic carbocycles. The predicted octanol–water partition coefficient (Wildman–Crippen LogP) is 3.25. The third kappa shape index (κ3) is 3.80. The molecule has 80 valence electrons. The van der Waals surface area contributed by atoms with Crippen molar-refractivity contribution in [2.75, 3.05) is 6.61 Å². The van der Waals surface area contributed by atoms with E-state index in [1.165, 1.54) is 11.8 Å². The van der Waals surface area contributed by atoms with Crippen molar-refractivity contribution in [1.29, 1.82) is 0 Å². The van der Waals surface area contributed by atoms with Crippen LogP contribution >= 0.6 is 11.8 Å². The van der Waals surface area contributed by atoms with Gasteiger partial charge in [-0.15, -0.1) is 0 Å². The molecule has 0 atom stereocenters. The minimum absolute atomic E-state index is 0.256. The molecule has 0 saturated carbocycles. The lowest BCUT2D eigenvalue weighted by Gasteiger charge is -2.05. The van der Waals surface area contributed by atoms with E-state index in [0.29, 0.717) is 11.5 Å². The summed E-state index contributed by atoms with van der Waals surface area (Å²) in [6.45, 7) is 4.05. The molecule has 0 aromatic heterocycles. The van der Waals surface area contributed by atoms with E-state index >= 15 is 0 Å². The van der Waals surface area contributed by atoms with Gasteiger partial charge in [-0.05, 0) is 26.0 Å². The molecule has 0 aliphatic rings. The van der Waals surface area contributed by atoms with Crippen LogP contribution in [0.3, 0.4) is 0 Å². The lowest BCUT2D eigenvalue weighted by atomic mass is 10.4. The van der Waals surface area contributed by atoms with Gasteiger partial charge in [0.2, 0.25) is 0 Å². The minimum atomic E-state index is -0.256. The van der Waals surface area contributed by atoms with Gasteiger partial charge in [0.15, 0.2) is 0 Å². The number of hydrogen-bond acceptors (Lipinski definition) is 3. The van der Waals surface area contributed by atoms with Crippen molar-refractivity contribution in [2.24, 2.45) is 0 Å². The normalized spacial score (nSPS) is 11.2. The average Bonchev–Trinajstić information content (AvgIpc) is 2.27. The quantitative estimate of drug-likeness (QED) is 0.444. The van der Waals surface area contributed by atoms with Gasteiger partial charge in [-0.25, -0.2) is 4.79 Å². The zero-order chi connectivity index (χ0) is 11.1. The Morgan fingerprint density at radius 3 is 2.60 bits per heavy atom. The molecule has 0 N–H and O–H groups in total. The number of carbonyl (C=O) groups is 1. The molecular formula is C12H14O2S. The van der Waals surface area contributed by atoms with Gasteiger partial charge in [0.25, 0.3) is 0 Å². The van der Waals surface area contributed by atoms with Crippen LogP contribution in [0.5, 0.6) is 0 Å². The molecule has 0 heterocycles. The Kier molecular flexibility index (Phi) is 4.98. The molecule has 0 aliphatic heterocycles. The first kappa shape index (κ1) is 11.9. The summed E-state index contributed by atoms with van der Waals surface area (Å²) in [7, 11) is 0. The van der Waals surface area contributed by atoms with Crippen molar-refractivity contribution in [3.63, 3.8) is 0 Å². The zero-order valence-electron chi connectivity index (χ0n) is 8.90. The molecule has 0 fully saturated rings. The van der Waals surface area contributed by atoms with E-state index in [1.807, 2.05) is 37.3 Å². The molecule has 2 nitrogen and oxygen atoms in total. The lowest BCUT2D eigenvalue weighted by Crippen LogP contribution is -2.04. The highest BCUT2D eigenvalue weighted by Crippen LogP contribution is 2.26. The largest absolute Gasteiger partial charge is 0.462 e. The fourth-order valence-electron chi connectivity index (χ4n) is 1.04. The summed E-state index contributed by atoms with van der Waals surface area (Å²) in [6, 6.07) is 9.77. The van der Waals surface area contributed by atoms with Crippen LogP contribution in [0.1, 0.15) is 13.8 Å². The molecule has 3 heteroatoms. The molecule has 0 aliphatic carbocycles. The average molecular weight is 222 g/mol. The Hall–Kier alpha value is -1.22. The molecule has 15 heavy (non-hydrogen) atoms. The molecule has 0 unspecified atom stereocenters. The van der Waals surface area contributed by atoms with E-state index in [0.717, 1.165) is 4.90 Å². The van der Waals surface area contributed by atoms with Crippen LogP contribution in [-0.4, -0.2) is 12.6 Å². The first-order chi connectivity index (χ1) is 7.27. The van der Waals surface area contributed by atoms with Crippen molar-refractivity contribution < 1.29 is 9.53 Å². The molecule has 1 aromatic rings.